The fraction of sp³-hybridized carbons (Fsp3) is 0.259. The lowest BCUT2D eigenvalue weighted by molar-refractivity contribution is -0.139. The van der Waals surface area contributed by atoms with Crippen LogP contribution < -0.4 is 20.4 Å². The number of ketones is 2. The van der Waals surface area contributed by atoms with Gasteiger partial charge in [0.2, 0.25) is 11.5 Å². The van der Waals surface area contributed by atoms with Gasteiger partial charge < -0.3 is 49.5 Å². The number of methoxy groups -OCH3 is 1. The number of phenolic OH excluding ortho intramolecular Hbond substituents is 3. The minimum Gasteiger partial charge on any atom is -0.507 e. The van der Waals surface area contributed by atoms with Crippen molar-refractivity contribution >= 4 is 28.3 Å². The molecule has 1 aromatic heterocycles. The number of aromatic hydroxyl groups is 3. The molecule has 2 unspecified atom stereocenters. The Balaban J connectivity index is 1.43. The Kier molecular flexibility index (Phi) is 5.72. The molecule has 1 spiro atoms. The summed E-state index contributed by atoms with van der Waals surface area (Å²) in [5.74, 6) is -7.64. The predicted octanol–water partition coefficient (Wildman–Crippen LogP) is 0.688. The number of hydrogen-bond donors (Lipinski definition) is 6. The van der Waals surface area contributed by atoms with E-state index >= 15 is 0 Å². The van der Waals surface area contributed by atoms with Crippen LogP contribution >= 0.6 is 0 Å². The third-order valence-electron chi connectivity index (χ3n) is 7.20. The van der Waals surface area contributed by atoms with Gasteiger partial charge in [-0.2, -0.15) is 0 Å². The van der Waals surface area contributed by atoms with E-state index in [1.54, 1.807) is 0 Å². The molecule has 3 aromatic rings. The Hall–Kier alpha value is -5.08. The molecule has 0 radical (unpaired) electrons. The summed E-state index contributed by atoms with van der Waals surface area (Å²) in [6.07, 6.45) is -1.08. The smallest absolute Gasteiger partial charge is 0.374 e. The van der Waals surface area contributed by atoms with Crippen LogP contribution in [0, 0.1) is 0 Å². The van der Waals surface area contributed by atoms with Crippen LogP contribution in [-0.4, -0.2) is 69.1 Å². The number of allylic oxidation sites excluding steroid dienone is 2. The average molecular weight is 567 g/mol. The standard InChI is InChI=1S/C27H21NO13/c1-38-25(36)15-5-9-4-10-14(31)8-27(40-23(10)21(34)16(9)26(37)39-15)7-11-19(32)17-13(30)6-12(28-2-3-29)20(33)18(17)22(35)24(11)41-27/h4-6,14,28-29,31-32,34-35H,2-3,7-8H2,1H3. The van der Waals surface area contributed by atoms with Crippen molar-refractivity contribution in [1.82, 2.24) is 5.32 Å². The lowest BCUT2D eigenvalue weighted by Crippen LogP contribution is -2.45. The largest absolute Gasteiger partial charge is 0.507 e. The second-order valence-corrected chi connectivity index (χ2v) is 9.67. The van der Waals surface area contributed by atoms with Gasteiger partial charge in [0.25, 0.3) is 5.79 Å². The van der Waals surface area contributed by atoms with Crippen molar-refractivity contribution in [3.05, 3.63) is 62.3 Å². The molecule has 212 valence electrons. The molecule has 3 heterocycles. The Labute approximate surface area is 228 Å². The molecule has 14 heteroatoms. The molecule has 0 saturated carbocycles. The number of aliphatic hydroxyl groups is 2. The number of nitrogens with one attached hydrogen (secondary N) is 1. The number of hydrogen-bond acceptors (Lipinski definition) is 14. The first kappa shape index (κ1) is 26.2. The molecule has 14 nitrogen and oxygen atoms in total. The Morgan fingerprint density at radius 2 is 1.80 bits per heavy atom. The third kappa shape index (κ3) is 3.72. The quantitative estimate of drug-likeness (QED) is 0.189. The van der Waals surface area contributed by atoms with E-state index < -0.39 is 69.2 Å². The molecule has 6 rings (SSSR count). The fourth-order valence-electron chi connectivity index (χ4n) is 5.40. The lowest BCUT2D eigenvalue weighted by Gasteiger charge is -2.37. The van der Waals surface area contributed by atoms with Gasteiger partial charge in [-0.25, -0.2) is 9.59 Å². The molecule has 6 N–H and O–H groups in total. The zero-order valence-corrected chi connectivity index (χ0v) is 21.1. The summed E-state index contributed by atoms with van der Waals surface area (Å²) in [6, 6.07) is 2.48. The van der Waals surface area contributed by atoms with Crippen LogP contribution in [0.2, 0.25) is 0 Å². The number of carbonyl (C=O) groups is 3. The summed E-state index contributed by atoms with van der Waals surface area (Å²) in [5, 5.41) is 55.5. The van der Waals surface area contributed by atoms with E-state index in [0.29, 0.717) is 0 Å². The highest BCUT2D eigenvalue weighted by molar-refractivity contribution is 6.27. The van der Waals surface area contributed by atoms with Crippen molar-refractivity contribution in [2.24, 2.45) is 0 Å². The van der Waals surface area contributed by atoms with Gasteiger partial charge in [0.1, 0.15) is 11.1 Å². The van der Waals surface area contributed by atoms with Crippen molar-refractivity contribution in [2.75, 3.05) is 20.3 Å². The second-order valence-electron chi connectivity index (χ2n) is 9.67. The van der Waals surface area contributed by atoms with E-state index in [-0.39, 0.29) is 65.1 Å². The first-order valence-corrected chi connectivity index (χ1v) is 12.2. The van der Waals surface area contributed by atoms with E-state index in [9.17, 15) is 39.6 Å². The van der Waals surface area contributed by atoms with Gasteiger partial charge in [0.15, 0.2) is 28.8 Å². The lowest BCUT2D eigenvalue weighted by atomic mass is 9.86. The number of ether oxygens (including phenoxy) is 3. The summed E-state index contributed by atoms with van der Waals surface area (Å²) < 4.78 is 21.4. The monoisotopic (exact) mass is 567 g/mol. The van der Waals surface area contributed by atoms with Crippen molar-refractivity contribution in [2.45, 2.75) is 24.7 Å². The fourth-order valence-corrected chi connectivity index (χ4v) is 5.40. The summed E-state index contributed by atoms with van der Waals surface area (Å²) in [4.78, 5) is 50.4. The summed E-state index contributed by atoms with van der Waals surface area (Å²) in [5.41, 5.74) is -2.30. The first-order valence-electron chi connectivity index (χ1n) is 12.2. The van der Waals surface area contributed by atoms with Crippen LogP contribution in [0.25, 0.3) is 10.8 Å². The average Bonchev–Trinajstić information content (AvgIpc) is 3.31. The van der Waals surface area contributed by atoms with Gasteiger partial charge >= 0.3 is 11.6 Å². The van der Waals surface area contributed by atoms with Gasteiger partial charge in [0.05, 0.1) is 49.5 Å². The molecule has 41 heavy (non-hydrogen) atoms. The summed E-state index contributed by atoms with van der Waals surface area (Å²) in [6.45, 7) is -0.389. The van der Waals surface area contributed by atoms with Crippen molar-refractivity contribution in [3.63, 3.8) is 0 Å². The zero-order chi connectivity index (χ0) is 29.4. The molecular formula is C27H21NO13. The predicted molar refractivity (Wildman–Crippen MR) is 134 cm³/mol. The van der Waals surface area contributed by atoms with Crippen LogP contribution in [0.5, 0.6) is 28.7 Å². The normalized spacial score (nSPS) is 20.6. The third-order valence-corrected chi connectivity index (χ3v) is 7.20. The number of benzene rings is 2. The van der Waals surface area contributed by atoms with Gasteiger partial charge in [-0.05, 0) is 17.5 Å². The molecule has 3 aliphatic rings. The highest BCUT2D eigenvalue weighted by atomic mass is 16.7. The molecular weight excluding hydrogens is 546 g/mol. The SMILES string of the molecule is COC(=O)c1cc2cc3c(c(O)c2c(=O)o1)OC1(Cc2c(O)c4c(c(O)c2O1)C(=O)C(NCCO)=CC4=O)CC3O. The molecule has 0 bridgehead atoms. The van der Waals surface area contributed by atoms with Crippen molar-refractivity contribution in [1.29, 1.82) is 0 Å². The maximum absolute atomic E-state index is 13.0. The molecule has 2 aromatic carbocycles. The maximum atomic E-state index is 13.0. The zero-order valence-electron chi connectivity index (χ0n) is 21.1. The summed E-state index contributed by atoms with van der Waals surface area (Å²) in [7, 11) is 1.09. The molecule has 0 fully saturated rings. The highest BCUT2D eigenvalue weighted by Gasteiger charge is 2.52. The van der Waals surface area contributed by atoms with Crippen LogP contribution in [0.4, 0.5) is 0 Å². The van der Waals surface area contributed by atoms with E-state index in [0.717, 1.165) is 19.3 Å². The first-order chi connectivity index (χ1) is 19.5. The van der Waals surface area contributed by atoms with E-state index in [2.05, 4.69) is 10.1 Å². The van der Waals surface area contributed by atoms with E-state index in [4.69, 9.17) is 19.0 Å². The molecule has 0 saturated heterocycles. The minimum atomic E-state index is -1.84. The highest BCUT2D eigenvalue weighted by Crippen LogP contribution is 2.56. The minimum absolute atomic E-state index is 0.0449. The van der Waals surface area contributed by atoms with E-state index in [1.165, 1.54) is 6.07 Å². The van der Waals surface area contributed by atoms with E-state index in [1.807, 2.05) is 0 Å². The Morgan fingerprint density at radius 1 is 1.07 bits per heavy atom. The van der Waals surface area contributed by atoms with Crippen LogP contribution in [0.15, 0.2) is 33.1 Å². The second kappa shape index (κ2) is 8.97. The van der Waals surface area contributed by atoms with Gasteiger partial charge in [-0.15, -0.1) is 0 Å². The van der Waals surface area contributed by atoms with Gasteiger partial charge in [-0.1, -0.05) is 0 Å². The number of fused-ring (bicyclic) bond motifs is 4. The Morgan fingerprint density at radius 3 is 2.51 bits per heavy atom. The number of carbonyl (C=O) groups excluding carboxylic acids is 3. The number of rotatable bonds is 4. The van der Waals surface area contributed by atoms with Crippen molar-refractivity contribution in [3.8, 4) is 28.7 Å². The molecule has 2 atom stereocenters. The van der Waals surface area contributed by atoms with Crippen LogP contribution in [0.1, 0.15) is 54.9 Å². The molecule has 0 amide bonds. The van der Waals surface area contributed by atoms with Crippen LogP contribution in [-0.2, 0) is 11.2 Å². The van der Waals surface area contributed by atoms with Gasteiger partial charge in [-0.3, -0.25) is 9.59 Å². The molecule has 2 aliphatic heterocycles. The number of aliphatic hydroxyl groups excluding tert-OH is 2. The Bertz CT molecular complexity index is 1800. The van der Waals surface area contributed by atoms with Crippen LogP contribution in [0.3, 0.4) is 0 Å². The molecule has 1 aliphatic carbocycles. The number of Topliss-reactive ketones (excluding diaryl/α,β-unsaturated/α-hetero) is 1. The summed E-state index contributed by atoms with van der Waals surface area (Å²) >= 11 is 0. The van der Waals surface area contributed by atoms with Crippen molar-refractivity contribution < 1.29 is 58.5 Å². The van der Waals surface area contributed by atoms with Gasteiger partial charge in [0, 0.05) is 23.7 Å². The number of esters is 1. The maximum Gasteiger partial charge on any atom is 0.374 e. The topological polar surface area (TPSA) is 222 Å². The number of phenols is 3.